The highest BCUT2D eigenvalue weighted by Gasteiger charge is 2.11. The quantitative estimate of drug-likeness (QED) is 0.648. The van der Waals surface area contributed by atoms with E-state index < -0.39 is 6.03 Å². The molecule has 1 aromatic heterocycles. The van der Waals surface area contributed by atoms with Crippen LogP contribution >= 0.6 is 0 Å². The average molecular weight is 378 g/mol. The lowest BCUT2D eigenvalue weighted by atomic mass is 10.2. The highest BCUT2D eigenvalue weighted by Crippen LogP contribution is 2.18. The van der Waals surface area contributed by atoms with Crippen LogP contribution in [0, 0.1) is 6.92 Å². The molecule has 0 spiro atoms. The van der Waals surface area contributed by atoms with Crippen molar-refractivity contribution in [2.45, 2.75) is 6.92 Å². The number of hydrogen-bond acceptors (Lipinski definition) is 3. The Balaban J connectivity index is 1.64. The minimum atomic E-state index is -0.398. The Hall–Kier alpha value is -3.81. The fraction of sp³-hybridized carbons (Fsp3) is 0.150. The summed E-state index contributed by atoms with van der Waals surface area (Å²) in [5.41, 5.74) is 3.14. The maximum absolute atomic E-state index is 12.3. The van der Waals surface area contributed by atoms with Crippen LogP contribution in [-0.2, 0) is 0 Å². The molecular weight excluding hydrogens is 356 g/mol. The van der Waals surface area contributed by atoms with Crippen molar-refractivity contribution in [2.75, 3.05) is 29.6 Å². The summed E-state index contributed by atoms with van der Waals surface area (Å²) in [6.45, 7) is 1.92. The Morgan fingerprint density at radius 2 is 1.68 bits per heavy atom. The molecule has 0 saturated carbocycles. The van der Waals surface area contributed by atoms with Gasteiger partial charge >= 0.3 is 12.1 Å². The van der Waals surface area contributed by atoms with E-state index in [-0.39, 0.29) is 6.03 Å². The van der Waals surface area contributed by atoms with E-state index in [9.17, 15) is 9.59 Å². The van der Waals surface area contributed by atoms with Gasteiger partial charge in [0.15, 0.2) is 5.82 Å². The van der Waals surface area contributed by atoms with Crippen LogP contribution in [0.25, 0.3) is 5.69 Å². The lowest BCUT2D eigenvalue weighted by Gasteiger charge is -2.17. The molecule has 144 valence electrons. The van der Waals surface area contributed by atoms with Crippen molar-refractivity contribution in [1.82, 2.24) is 15.1 Å². The van der Waals surface area contributed by atoms with Gasteiger partial charge in [0.1, 0.15) is 0 Å². The van der Waals surface area contributed by atoms with Gasteiger partial charge in [-0.15, -0.1) is 5.10 Å². The van der Waals surface area contributed by atoms with E-state index in [0.29, 0.717) is 17.2 Å². The average Bonchev–Trinajstić information content (AvgIpc) is 3.07. The van der Waals surface area contributed by atoms with Gasteiger partial charge in [-0.05, 0) is 43.3 Å². The van der Waals surface area contributed by atoms with Crippen molar-refractivity contribution in [1.29, 1.82) is 0 Å². The lowest BCUT2D eigenvalue weighted by molar-refractivity contribution is 0.249. The lowest BCUT2D eigenvalue weighted by Crippen LogP contribution is -2.34. The van der Waals surface area contributed by atoms with E-state index in [4.69, 9.17) is 0 Å². The van der Waals surface area contributed by atoms with Crippen LogP contribution in [0.5, 0.6) is 0 Å². The number of rotatable bonds is 4. The molecule has 0 aliphatic carbocycles. The Kier molecular flexibility index (Phi) is 5.59. The van der Waals surface area contributed by atoms with Crippen molar-refractivity contribution in [3.05, 3.63) is 66.4 Å². The zero-order chi connectivity index (χ0) is 20.1. The number of amides is 4. The monoisotopic (exact) mass is 378 g/mol. The molecule has 0 radical (unpaired) electrons. The summed E-state index contributed by atoms with van der Waals surface area (Å²) in [4.78, 5) is 25.4. The molecule has 0 bridgehead atoms. The summed E-state index contributed by atoms with van der Waals surface area (Å²) in [6.07, 6.45) is 0. The number of urea groups is 2. The molecule has 28 heavy (non-hydrogen) atoms. The standard InChI is InChI=1S/C20H22N6O2/c1-14-13-18(24-26(14)17-7-5-4-6-8-17)23-19(27)22-15-9-11-16(12-10-15)25(3)20(28)21-2/h4-13H,1-3H3,(H,21,28)(H2,22,23,24,27). The molecule has 0 aliphatic heterocycles. The largest absolute Gasteiger partial charge is 0.341 e. The van der Waals surface area contributed by atoms with Gasteiger partial charge in [0.25, 0.3) is 0 Å². The SMILES string of the molecule is CNC(=O)N(C)c1ccc(NC(=O)Nc2cc(C)n(-c3ccccc3)n2)cc1. The van der Waals surface area contributed by atoms with E-state index in [1.54, 1.807) is 49.1 Å². The molecule has 0 fully saturated rings. The first-order chi connectivity index (χ1) is 13.5. The Morgan fingerprint density at radius 1 is 1.00 bits per heavy atom. The zero-order valence-electron chi connectivity index (χ0n) is 15.9. The predicted octanol–water partition coefficient (Wildman–Crippen LogP) is 3.60. The maximum atomic E-state index is 12.3. The van der Waals surface area contributed by atoms with Gasteiger partial charge in [-0.2, -0.15) is 0 Å². The summed E-state index contributed by atoms with van der Waals surface area (Å²) in [5.74, 6) is 0.454. The number of para-hydroxylation sites is 1. The fourth-order valence-electron chi connectivity index (χ4n) is 2.70. The minimum Gasteiger partial charge on any atom is -0.341 e. The van der Waals surface area contributed by atoms with Gasteiger partial charge in [0.2, 0.25) is 0 Å². The van der Waals surface area contributed by atoms with E-state index >= 15 is 0 Å². The third-order valence-electron chi connectivity index (χ3n) is 4.16. The third kappa shape index (κ3) is 4.29. The first-order valence-electron chi connectivity index (χ1n) is 8.73. The normalized spacial score (nSPS) is 10.2. The van der Waals surface area contributed by atoms with Crippen LogP contribution in [-0.4, -0.2) is 35.9 Å². The molecule has 8 heteroatoms. The van der Waals surface area contributed by atoms with Gasteiger partial charge in [0, 0.05) is 37.2 Å². The number of aromatic nitrogens is 2. The maximum Gasteiger partial charge on any atom is 0.324 e. The first-order valence-corrected chi connectivity index (χ1v) is 8.73. The van der Waals surface area contributed by atoms with Gasteiger partial charge in [0.05, 0.1) is 5.69 Å². The van der Waals surface area contributed by atoms with E-state index in [0.717, 1.165) is 11.4 Å². The van der Waals surface area contributed by atoms with Crippen molar-refractivity contribution in [3.63, 3.8) is 0 Å². The van der Waals surface area contributed by atoms with Crippen LogP contribution in [0.4, 0.5) is 26.8 Å². The summed E-state index contributed by atoms with van der Waals surface area (Å²) >= 11 is 0. The number of nitrogens with one attached hydrogen (secondary N) is 3. The molecule has 0 unspecified atom stereocenters. The van der Waals surface area contributed by atoms with Crippen molar-refractivity contribution in [2.24, 2.45) is 0 Å². The minimum absolute atomic E-state index is 0.220. The van der Waals surface area contributed by atoms with Crippen LogP contribution in [0.3, 0.4) is 0 Å². The second-order valence-electron chi connectivity index (χ2n) is 6.16. The zero-order valence-corrected chi connectivity index (χ0v) is 15.9. The number of benzene rings is 2. The van der Waals surface area contributed by atoms with E-state index in [2.05, 4.69) is 21.0 Å². The Bertz CT molecular complexity index is 966. The second-order valence-corrected chi connectivity index (χ2v) is 6.16. The summed E-state index contributed by atoms with van der Waals surface area (Å²) in [7, 11) is 3.24. The Morgan fingerprint density at radius 3 is 2.32 bits per heavy atom. The molecule has 3 aromatic rings. The molecule has 3 N–H and O–H groups in total. The van der Waals surface area contributed by atoms with Gasteiger partial charge in [-0.1, -0.05) is 18.2 Å². The highest BCUT2D eigenvalue weighted by atomic mass is 16.2. The molecule has 3 rings (SSSR count). The van der Waals surface area contributed by atoms with Crippen LogP contribution < -0.4 is 20.9 Å². The summed E-state index contributed by atoms with van der Waals surface area (Å²) < 4.78 is 1.76. The van der Waals surface area contributed by atoms with E-state index in [1.807, 2.05) is 37.3 Å². The number of carbonyl (C=O) groups excluding carboxylic acids is 2. The molecule has 0 saturated heterocycles. The predicted molar refractivity (Wildman–Crippen MR) is 110 cm³/mol. The molecule has 0 atom stereocenters. The van der Waals surface area contributed by atoms with Gasteiger partial charge in [-0.3, -0.25) is 10.2 Å². The van der Waals surface area contributed by atoms with Crippen LogP contribution in [0.2, 0.25) is 0 Å². The number of carbonyl (C=O) groups is 2. The van der Waals surface area contributed by atoms with Crippen LogP contribution in [0.1, 0.15) is 5.69 Å². The molecule has 4 amide bonds. The fourth-order valence-corrected chi connectivity index (χ4v) is 2.70. The van der Waals surface area contributed by atoms with E-state index in [1.165, 1.54) is 4.90 Å². The summed E-state index contributed by atoms with van der Waals surface area (Å²) in [5, 5.41) is 12.5. The van der Waals surface area contributed by atoms with Crippen molar-refractivity contribution < 1.29 is 9.59 Å². The second kappa shape index (κ2) is 8.26. The molecule has 0 aliphatic rings. The number of anilines is 3. The van der Waals surface area contributed by atoms with Gasteiger partial charge < -0.3 is 10.6 Å². The van der Waals surface area contributed by atoms with Crippen molar-refractivity contribution in [3.8, 4) is 5.69 Å². The molecular formula is C20H22N6O2. The van der Waals surface area contributed by atoms with Crippen molar-refractivity contribution >= 4 is 29.3 Å². The topological polar surface area (TPSA) is 91.3 Å². The number of hydrogen-bond donors (Lipinski definition) is 3. The van der Waals surface area contributed by atoms with Crippen LogP contribution in [0.15, 0.2) is 60.7 Å². The number of nitrogens with zero attached hydrogens (tertiary/aromatic N) is 3. The third-order valence-corrected chi connectivity index (χ3v) is 4.16. The smallest absolute Gasteiger partial charge is 0.324 e. The molecule has 2 aromatic carbocycles. The summed E-state index contributed by atoms with van der Waals surface area (Å²) in [6, 6.07) is 17.8. The molecule has 8 nitrogen and oxygen atoms in total. The van der Waals surface area contributed by atoms with Gasteiger partial charge in [-0.25, -0.2) is 14.3 Å². The first kappa shape index (κ1) is 19.0. The molecule has 1 heterocycles. The Labute approximate surface area is 163 Å². The number of aryl methyl sites for hydroxylation is 1. The highest BCUT2D eigenvalue weighted by molar-refractivity contribution is 5.99.